The van der Waals surface area contributed by atoms with E-state index in [0.29, 0.717) is 5.69 Å². The van der Waals surface area contributed by atoms with Crippen molar-refractivity contribution in [1.29, 1.82) is 0 Å². The maximum atomic E-state index is 13.3. The number of H-pyrrole nitrogens is 1. The number of benzene rings is 1. The molecule has 0 aliphatic rings. The Balaban J connectivity index is 1.63. The van der Waals surface area contributed by atoms with Gasteiger partial charge in [-0.25, -0.2) is 4.98 Å². The lowest BCUT2D eigenvalue weighted by atomic mass is 10.1. The quantitative estimate of drug-likeness (QED) is 0.238. The van der Waals surface area contributed by atoms with Crippen LogP contribution in [-0.4, -0.2) is 46.2 Å². The standard InChI is InChI=1S/C23H19Cl2F3N6O3/c1-36-6-7-37-21-13(20(35)30-9-12-4-2-3-5-14(12)23(26,27)28)8-17-19(33-21)34-22(31-17)32-18-15(24)10-29-11-16(18)25/h2-5,8,10-11H,6-7,9H2,1H3,(H,30,35)(H2,29,31,32,33,34). The molecular formula is C23H19Cl2F3N6O3. The Kier molecular flexibility index (Phi) is 8.00. The summed E-state index contributed by atoms with van der Waals surface area (Å²) in [7, 11) is 1.48. The van der Waals surface area contributed by atoms with Crippen molar-refractivity contribution < 1.29 is 27.4 Å². The van der Waals surface area contributed by atoms with E-state index in [4.69, 9.17) is 32.7 Å². The summed E-state index contributed by atoms with van der Waals surface area (Å²) in [6.45, 7) is -0.0707. The van der Waals surface area contributed by atoms with E-state index >= 15 is 0 Å². The minimum Gasteiger partial charge on any atom is -0.475 e. The van der Waals surface area contributed by atoms with Crippen molar-refractivity contribution in [2.75, 3.05) is 25.6 Å². The van der Waals surface area contributed by atoms with E-state index in [-0.39, 0.29) is 63.9 Å². The summed E-state index contributed by atoms with van der Waals surface area (Å²) in [5.41, 5.74) is -0.0335. The number of pyridine rings is 2. The number of methoxy groups -OCH3 is 1. The lowest BCUT2D eigenvalue weighted by molar-refractivity contribution is -0.138. The maximum Gasteiger partial charge on any atom is 0.416 e. The molecule has 14 heteroatoms. The average molecular weight is 555 g/mol. The topological polar surface area (TPSA) is 114 Å². The van der Waals surface area contributed by atoms with Crippen molar-refractivity contribution in [1.82, 2.24) is 25.3 Å². The number of aromatic amines is 1. The highest BCUT2D eigenvalue weighted by Crippen LogP contribution is 2.33. The highest BCUT2D eigenvalue weighted by atomic mass is 35.5. The number of hydrogen-bond acceptors (Lipinski definition) is 7. The van der Waals surface area contributed by atoms with Gasteiger partial charge >= 0.3 is 6.18 Å². The molecule has 0 fully saturated rings. The molecule has 0 spiro atoms. The van der Waals surface area contributed by atoms with Gasteiger partial charge in [0, 0.05) is 26.0 Å². The fraction of sp³-hybridized carbons (Fsp3) is 0.217. The van der Waals surface area contributed by atoms with Crippen LogP contribution in [0.4, 0.5) is 24.8 Å². The van der Waals surface area contributed by atoms with Crippen LogP contribution in [0.2, 0.25) is 10.0 Å². The second-order valence-corrected chi connectivity index (χ2v) is 8.39. The predicted molar refractivity (Wildman–Crippen MR) is 131 cm³/mol. The van der Waals surface area contributed by atoms with Crippen LogP contribution in [0.5, 0.6) is 5.88 Å². The van der Waals surface area contributed by atoms with Gasteiger partial charge in [0.15, 0.2) is 5.65 Å². The van der Waals surface area contributed by atoms with Crippen LogP contribution in [0.1, 0.15) is 21.5 Å². The van der Waals surface area contributed by atoms with Crippen LogP contribution in [0, 0.1) is 0 Å². The van der Waals surface area contributed by atoms with Gasteiger partial charge < -0.3 is 25.1 Å². The Morgan fingerprint density at radius 2 is 1.84 bits per heavy atom. The number of hydrogen-bond donors (Lipinski definition) is 3. The third kappa shape index (κ3) is 6.21. The smallest absolute Gasteiger partial charge is 0.416 e. The van der Waals surface area contributed by atoms with Crippen molar-refractivity contribution in [2.45, 2.75) is 12.7 Å². The molecule has 0 aliphatic heterocycles. The lowest BCUT2D eigenvalue weighted by Gasteiger charge is -2.14. The monoisotopic (exact) mass is 554 g/mol. The minimum absolute atomic E-state index is 0.0221. The summed E-state index contributed by atoms with van der Waals surface area (Å²) in [6.07, 6.45) is -1.76. The van der Waals surface area contributed by atoms with E-state index in [0.717, 1.165) is 6.07 Å². The number of carbonyl (C=O) groups is 1. The van der Waals surface area contributed by atoms with Crippen molar-refractivity contribution in [2.24, 2.45) is 0 Å². The first-order valence-electron chi connectivity index (χ1n) is 10.7. The second kappa shape index (κ2) is 11.2. The van der Waals surface area contributed by atoms with Gasteiger partial charge in [0.25, 0.3) is 5.91 Å². The van der Waals surface area contributed by atoms with Crippen molar-refractivity contribution >= 4 is 51.9 Å². The highest BCUT2D eigenvalue weighted by molar-refractivity contribution is 6.39. The molecule has 3 N–H and O–H groups in total. The first-order valence-corrected chi connectivity index (χ1v) is 11.4. The van der Waals surface area contributed by atoms with E-state index in [1.54, 1.807) is 0 Å². The Labute approximate surface area is 218 Å². The van der Waals surface area contributed by atoms with E-state index in [9.17, 15) is 18.0 Å². The summed E-state index contributed by atoms with van der Waals surface area (Å²) >= 11 is 12.3. The van der Waals surface area contributed by atoms with Gasteiger partial charge in [-0.3, -0.25) is 9.78 Å². The molecule has 1 aromatic carbocycles. The molecular weight excluding hydrogens is 536 g/mol. The zero-order valence-corrected chi connectivity index (χ0v) is 20.6. The van der Waals surface area contributed by atoms with Crippen molar-refractivity contribution in [3.8, 4) is 5.88 Å². The summed E-state index contributed by atoms with van der Waals surface area (Å²) < 4.78 is 50.6. The molecule has 0 unspecified atom stereocenters. The molecule has 1 amide bonds. The normalized spacial score (nSPS) is 11.5. The average Bonchev–Trinajstić information content (AvgIpc) is 3.25. The Morgan fingerprint density at radius 1 is 1.11 bits per heavy atom. The van der Waals surface area contributed by atoms with Crippen LogP contribution in [0.15, 0.2) is 42.7 Å². The van der Waals surface area contributed by atoms with Gasteiger partial charge in [-0.2, -0.15) is 18.2 Å². The van der Waals surface area contributed by atoms with Gasteiger partial charge in [0.2, 0.25) is 11.8 Å². The number of anilines is 2. The molecule has 0 atom stereocenters. The molecule has 3 aromatic heterocycles. The SMILES string of the molecule is COCCOc1nc2[nH]c(Nc3c(Cl)cncc3Cl)nc2cc1C(=O)NCc1ccccc1C(F)(F)F. The molecule has 4 aromatic rings. The summed E-state index contributed by atoms with van der Waals surface area (Å²) in [5, 5.41) is 5.94. The van der Waals surface area contributed by atoms with Gasteiger partial charge in [-0.15, -0.1) is 0 Å². The molecule has 4 rings (SSSR count). The summed E-state index contributed by atoms with van der Waals surface area (Å²) in [6, 6.07) is 6.40. The number of alkyl halides is 3. The molecule has 0 saturated heterocycles. The van der Waals surface area contributed by atoms with E-state index < -0.39 is 17.6 Å². The van der Waals surface area contributed by atoms with E-state index in [1.807, 2.05) is 0 Å². The Hall–Kier alpha value is -3.61. The fourth-order valence-corrected chi connectivity index (χ4v) is 3.81. The number of nitrogens with zero attached hydrogens (tertiary/aromatic N) is 3. The molecule has 37 heavy (non-hydrogen) atoms. The number of ether oxygens (including phenoxy) is 2. The highest BCUT2D eigenvalue weighted by Gasteiger charge is 2.33. The number of fused-ring (bicyclic) bond motifs is 1. The molecule has 0 bridgehead atoms. The zero-order chi connectivity index (χ0) is 26.6. The number of rotatable bonds is 9. The fourth-order valence-electron chi connectivity index (χ4n) is 3.35. The molecule has 3 heterocycles. The van der Waals surface area contributed by atoms with Gasteiger partial charge in [0.05, 0.1) is 27.9 Å². The van der Waals surface area contributed by atoms with E-state index in [2.05, 4.69) is 30.6 Å². The van der Waals surface area contributed by atoms with Crippen LogP contribution in [-0.2, 0) is 17.5 Å². The van der Waals surface area contributed by atoms with Crippen LogP contribution >= 0.6 is 23.2 Å². The predicted octanol–water partition coefficient (Wildman–Crippen LogP) is 5.38. The summed E-state index contributed by atoms with van der Waals surface area (Å²) in [5.74, 6) is -0.533. The van der Waals surface area contributed by atoms with Crippen LogP contribution < -0.4 is 15.4 Å². The first-order chi connectivity index (χ1) is 17.7. The molecule has 0 saturated carbocycles. The lowest BCUT2D eigenvalue weighted by Crippen LogP contribution is -2.25. The molecule has 0 aliphatic carbocycles. The molecule has 0 radical (unpaired) electrons. The number of carbonyl (C=O) groups excluding carboxylic acids is 1. The first kappa shape index (κ1) is 26.5. The van der Waals surface area contributed by atoms with Crippen molar-refractivity contribution in [3.63, 3.8) is 0 Å². The number of aromatic nitrogens is 4. The largest absolute Gasteiger partial charge is 0.475 e. The van der Waals surface area contributed by atoms with Gasteiger partial charge in [-0.05, 0) is 17.7 Å². The number of imidazole rings is 1. The van der Waals surface area contributed by atoms with Crippen LogP contribution in [0.3, 0.4) is 0 Å². The zero-order valence-electron chi connectivity index (χ0n) is 19.1. The summed E-state index contributed by atoms with van der Waals surface area (Å²) in [4.78, 5) is 28.5. The van der Waals surface area contributed by atoms with Gasteiger partial charge in [-0.1, -0.05) is 41.4 Å². The molecule has 9 nitrogen and oxygen atoms in total. The maximum absolute atomic E-state index is 13.3. The van der Waals surface area contributed by atoms with Crippen molar-refractivity contribution in [3.05, 3.63) is 69.5 Å². The second-order valence-electron chi connectivity index (χ2n) is 7.58. The minimum atomic E-state index is -4.56. The van der Waals surface area contributed by atoms with E-state index in [1.165, 1.54) is 43.8 Å². The third-order valence-electron chi connectivity index (χ3n) is 5.07. The third-order valence-corrected chi connectivity index (χ3v) is 5.64. The van der Waals surface area contributed by atoms with Crippen LogP contribution in [0.25, 0.3) is 11.2 Å². The molecule has 194 valence electrons. The number of halogens is 5. The number of amides is 1. The number of nitrogens with one attached hydrogen (secondary N) is 3. The Morgan fingerprint density at radius 3 is 2.54 bits per heavy atom. The van der Waals surface area contributed by atoms with Gasteiger partial charge in [0.1, 0.15) is 17.7 Å². The Bertz CT molecular complexity index is 1410.